The van der Waals surface area contributed by atoms with Crippen LogP contribution < -0.4 is 4.74 Å². The number of rotatable bonds is 24. The van der Waals surface area contributed by atoms with E-state index >= 15 is 0 Å². The first-order valence-electron chi connectivity index (χ1n) is 14.5. The van der Waals surface area contributed by atoms with Gasteiger partial charge >= 0.3 is 0 Å². The summed E-state index contributed by atoms with van der Waals surface area (Å²) in [5, 5.41) is 18.7. The predicted molar refractivity (Wildman–Crippen MR) is 147 cm³/mol. The van der Waals surface area contributed by atoms with Crippen molar-refractivity contribution in [2.45, 2.75) is 142 Å². The second-order valence-corrected chi connectivity index (χ2v) is 10.1. The maximum atomic E-state index is 9.66. The molecule has 0 aliphatic carbocycles. The molecule has 0 radical (unpaired) electrons. The Kier molecular flexibility index (Phi) is 20.6. The van der Waals surface area contributed by atoms with Crippen molar-refractivity contribution in [2.24, 2.45) is 0 Å². The second-order valence-electron chi connectivity index (χ2n) is 10.1. The summed E-state index contributed by atoms with van der Waals surface area (Å²) >= 11 is 0. The van der Waals surface area contributed by atoms with E-state index in [-0.39, 0.29) is 12.7 Å². The van der Waals surface area contributed by atoms with Gasteiger partial charge in [0.25, 0.3) is 0 Å². The zero-order valence-corrected chi connectivity index (χ0v) is 22.9. The van der Waals surface area contributed by atoms with E-state index in [9.17, 15) is 5.11 Å². The van der Waals surface area contributed by atoms with Gasteiger partial charge in [0.2, 0.25) is 0 Å². The second kappa shape index (κ2) is 22.9. The number of aliphatic hydroxyl groups is 1. The zero-order valence-electron chi connectivity index (χ0n) is 22.9. The number of benzene rings is 1. The smallest absolute Gasteiger partial charge is 0.125 e. The lowest BCUT2D eigenvalue weighted by Gasteiger charge is -2.17. The Bertz CT molecular complexity index is 655. The summed E-state index contributed by atoms with van der Waals surface area (Å²) in [5.74, 6) is 0.661. The van der Waals surface area contributed by atoms with Gasteiger partial charge in [0.1, 0.15) is 5.75 Å². The van der Waals surface area contributed by atoms with Gasteiger partial charge in [0.15, 0.2) is 0 Å². The van der Waals surface area contributed by atoms with Crippen LogP contribution >= 0.6 is 0 Å². The fourth-order valence-corrected chi connectivity index (χ4v) is 4.64. The number of unbranched alkanes of at least 4 members (excludes halogenated alkanes) is 17. The van der Waals surface area contributed by atoms with Crippen LogP contribution in [0.4, 0.5) is 0 Å². The van der Waals surface area contributed by atoms with Crippen molar-refractivity contribution < 1.29 is 14.6 Å². The molecule has 1 aromatic carbocycles. The highest BCUT2D eigenvalue weighted by Gasteiger charge is 2.11. The van der Waals surface area contributed by atoms with Crippen molar-refractivity contribution >= 4 is 0 Å². The van der Waals surface area contributed by atoms with E-state index in [1.807, 2.05) is 6.07 Å². The number of aliphatic hydroxyl groups excluding tert-OH is 1. The zero-order chi connectivity index (χ0) is 25.4. The Morgan fingerprint density at radius 1 is 0.771 bits per heavy atom. The molecule has 0 aliphatic heterocycles. The molecule has 0 unspecified atom stereocenters. The van der Waals surface area contributed by atoms with Gasteiger partial charge in [0.05, 0.1) is 38.1 Å². The molecule has 0 spiro atoms. The van der Waals surface area contributed by atoms with Crippen molar-refractivity contribution in [1.82, 2.24) is 0 Å². The Labute approximate surface area is 216 Å². The van der Waals surface area contributed by atoms with Gasteiger partial charge in [-0.1, -0.05) is 129 Å². The van der Waals surface area contributed by atoms with Gasteiger partial charge in [-0.3, -0.25) is 0 Å². The molecule has 1 aromatic rings. The Morgan fingerprint density at radius 2 is 1.26 bits per heavy atom. The predicted octanol–water partition coefficient (Wildman–Crippen LogP) is 8.88. The minimum Gasteiger partial charge on any atom is -0.496 e. The molecule has 0 saturated heterocycles. The maximum Gasteiger partial charge on any atom is 0.125 e. The van der Waals surface area contributed by atoms with Gasteiger partial charge in [-0.2, -0.15) is 5.26 Å². The van der Waals surface area contributed by atoms with E-state index in [1.165, 1.54) is 109 Å². The molecule has 0 fully saturated rings. The Hall–Kier alpha value is -1.57. The lowest BCUT2D eigenvalue weighted by molar-refractivity contribution is -0.00413. The first kappa shape index (κ1) is 31.5. The molecule has 1 N–H and O–H groups in total. The quantitative estimate of drug-likeness (QED) is 0.148. The van der Waals surface area contributed by atoms with Crippen molar-refractivity contribution in [3.63, 3.8) is 0 Å². The molecule has 0 bridgehead atoms. The van der Waals surface area contributed by atoms with Crippen LogP contribution in [0.2, 0.25) is 0 Å². The molecular weight excluding hydrogens is 434 g/mol. The third kappa shape index (κ3) is 16.7. The third-order valence-corrected chi connectivity index (χ3v) is 6.97. The van der Waals surface area contributed by atoms with Crippen LogP contribution in [0.15, 0.2) is 18.2 Å². The molecule has 4 nitrogen and oxygen atoms in total. The first-order valence-corrected chi connectivity index (χ1v) is 14.5. The van der Waals surface area contributed by atoms with Gasteiger partial charge in [-0.15, -0.1) is 0 Å². The van der Waals surface area contributed by atoms with Crippen LogP contribution in [0, 0.1) is 11.3 Å². The van der Waals surface area contributed by atoms with E-state index in [0.717, 1.165) is 18.4 Å². The Balaban J connectivity index is 1.93. The summed E-state index contributed by atoms with van der Waals surface area (Å²) in [6.45, 7) is 2.71. The number of hydrogen-bond donors (Lipinski definition) is 1. The minimum atomic E-state index is -0.142. The molecule has 4 heteroatoms. The van der Waals surface area contributed by atoms with Crippen molar-refractivity contribution in [3.05, 3.63) is 29.3 Å². The van der Waals surface area contributed by atoms with Gasteiger partial charge < -0.3 is 14.6 Å². The summed E-state index contributed by atoms with van der Waals surface area (Å²) in [6.07, 6.45) is 25.5. The van der Waals surface area contributed by atoms with Crippen LogP contribution in [0.3, 0.4) is 0 Å². The van der Waals surface area contributed by atoms with Crippen LogP contribution in [0.5, 0.6) is 5.75 Å². The largest absolute Gasteiger partial charge is 0.496 e. The molecular formula is C31H53NO3. The average Bonchev–Trinajstić information content (AvgIpc) is 2.89. The molecule has 200 valence electrons. The summed E-state index contributed by atoms with van der Waals surface area (Å²) in [6, 6.07) is 7.48. The topological polar surface area (TPSA) is 62.5 Å². The van der Waals surface area contributed by atoms with Crippen LogP contribution in [0.1, 0.15) is 140 Å². The maximum absolute atomic E-state index is 9.66. The van der Waals surface area contributed by atoms with Crippen molar-refractivity contribution in [3.8, 4) is 11.8 Å². The molecule has 1 atom stereocenters. The lowest BCUT2D eigenvalue weighted by Crippen LogP contribution is -2.17. The standard InChI is InChI=1S/C31H53NO3/c1-3-4-5-6-7-8-9-10-11-12-13-14-15-16-17-18-19-20-21-30(26-33)35-27-29-23-22-28(25-32)24-31(29)34-2/h22-24,30,33H,3-21,26-27H2,1-2H3/t30-/m1/s1. The fourth-order valence-electron chi connectivity index (χ4n) is 4.64. The van der Waals surface area contributed by atoms with Crippen molar-refractivity contribution in [1.29, 1.82) is 5.26 Å². The van der Waals surface area contributed by atoms with Crippen molar-refractivity contribution in [2.75, 3.05) is 13.7 Å². The van der Waals surface area contributed by atoms with E-state index in [4.69, 9.17) is 14.7 Å². The highest BCUT2D eigenvalue weighted by atomic mass is 16.5. The average molecular weight is 488 g/mol. The van der Waals surface area contributed by atoms with Gasteiger partial charge in [-0.25, -0.2) is 0 Å². The normalized spacial score (nSPS) is 11.9. The molecule has 0 amide bonds. The van der Waals surface area contributed by atoms with E-state index < -0.39 is 0 Å². The van der Waals surface area contributed by atoms with E-state index in [0.29, 0.717) is 17.9 Å². The van der Waals surface area contributed by atoms with E-state index in [2.05, 4.69) is 13.0 Å². The Morgan fingerprint density at radius 3 is 1.69 bits per heavy atom. The van der Waals surface area contributed by atoms with Gasteiger partial charge in [0, 0.05) is 5.56 Å². The van der Waals surface area contributed by atoms with Gasteiger partial charge in [-0.05, 0) is 18.6 Å². The summed E-state index contributed by atoms with van der Waals surface area (Å²) in [7, 11) is 1.60. The third-order valence-electron chi connectivity index (χ3n) is 6.97. The number of ether oxygens (including phenoxy) is 2. The van der Waals surface area contributed by atoms with E-state index in [1.54, 1.807) is 19.2 Å². The molecule has 0 saturated carbocycles. The molecule has 0 aliphatic rings. The van der Waals surface area contributed by atoms with Crippen LogP contribution in [-0.2, 0) is 11.3 Å². The summed E-state index contributed by atoms with van der Waals surface area (Å²) < 4.78 is 11.3. The highest BCUT2D eigenvalue weighted by Crippen LogP contribution is 2.22. The fraction of sp³-hybridized carbons (Fsp3) is 0.774. The lowest BCUT2D eigenvalue weighted by atomic mass is 10.0. The number of nitriles is 1. The SMILES string of the molecule is CCCCCCCCCCCCCCCCCCCC[C@H](CO)OCc1ccc(C#N)cc1OC. The molecule has 0 aromatic heterocycles. The summed E-state index contributed by atoms with van der Waals surface area (Å²) in [5.41, 5.74) is 1.48. The minimum absolute atomic E-state index is 0.0392. The molecule has 35 heavy (non-hydrogen) atoms. The van der Waals surface area contributed by atoms with Crippen LogP contribution in [-0.4, -0.2) is 24.9 Å². The monoisotopic (exact) mass is 487 g/mol. The van der Waals surface area contributed by atoms with Crippen LogP contribution in [0.25, 0.3) is 0 Å². The number of nitrogens with zero attached hydrogens (tertiary/aromatic N) is 1. The summed E-state index contributed by atoms with van der Waals surface area (Å²) in [4.78, 5) is 0. The molecule has 1 rings (SSSR count). The molecule has 0 heterocycles. The number of hydrogen-bond acceptors (Lipinski definition) is 4. The number of methoxy groups -OCH3 is 1. The first-order chi connectivity index (χ1) is 17.2. The highest BCUT2D eigenvalue weighted by molar-refractivity contribution is 5.42.